The number of benzene rings is 1. The molecule has 1 aliphatic rings. The fourth-order valence-corrected chi connectivity index (χ4v) is 2.47. The SMILES string of the molecule is CCCCC=C1[C@@H](C)[C@H]1Cc1ccccc1. The van der Waals surface area contributed by atoms with E-state index in [1.165, 1.54) is 31.2 Å². The first-order valence-corrected chi connectivity index (χ1v) is 6.56. The topological polar surface area (TPSA) is 0 Å². The number of unbranched alkanes of at least 4 members (excludes halogenated alkanes) is 2. The van der Waals surface area contributed by atoms with Gasteiger partial charge in [-0.1, -0.05) is 68.7 Å². The van der Waals surface area contributed by atoms with Crippen molar-refractivity contribution in [2.45, 2.75) is 39.5 Å². The molecule has 1 aromatic rings. The second kappa shape index (κ2) is 5.34. The van der Waals surface area contributed by atoms with Crippen LogP contribution in [0.2, 0.25) is 0 Å². The van der Waals surface area contributed by atoms with Gasteiger partial charge in [0.15, 0.2) is 0 Å². The van der Waals surface area contributed by atoms with Crippen molar-refractivity contribution in [3.63, 3.8) is 0 Å². The van der Waals surface area contributed by atoms with Crippen LogP contribution in [0.3, 0.4) is 0 Å². The molecule has 0 nitrogen and oxygen atoms in total. The van der Waals surface area contributed by atoms with Gasteiger partial charge in [-0.2, -0.15) is 0 Å². The third-order valence-electron chi connectivity index (χ3n) is 3.68. The molecule has 0 saturated heterocycles. The van der Waals surface area contributed by atoms with E-state index in [2.05, 4.69) is 50.3 Å². The summed E-state index contributed by atoms with van der Waals surface area (Å²) in [4.78, 5) is 0. The molecule has 0 radical (unpaired) electrons. The Morgan fingerprint density at radius 2 is 1.94 bits per heavy atom. The average molecular weight is 214 g/mol. The minimum absolute atomic E-state index is 0.831. The van der Waals surface area contributed by atoms with Crippen molar-refractivity contribution in [1.29, 1.82) is 0 Å². The van der Waals surface area contributed by atoms with Crippen LogP contribution in [-0.2, 0) is 6.42 Å². The van der Waals surface area contributed by atoms with Crippen LogP contribution in [0.1, 0.15) is 38.7 Å². The molecule has 0 heterocycles. The van der Waals surface area contributed by atoms with Crippen molar-refractivity contribution in [2.24, 2.45) is 11.8 Å². The minimum Gasteiger partial charge on any atom is -0.0847 e. The molecule has 86 valence electrons. The number of hydrogen-bond donors (Lipinski definition) is 0. The maximum atomic E-state index is 2.49. The van der Waals surface area contributed by atoms with Gasteiger partial charge in [0.05, 0.1) is 0 Å². The Kier molecular flexibility index (Phi) is 3.82. The standard InChI is InChI=1S/C16H22/c1-3-4-6-11-15-13(2)16(15)12-14-9-7-5-8-10-14/h5,7-11,13,16H,3-4,6,12H2,1-2H3/t13-,16-/m1/s1. The van der Waals surface area contributed by atoms with Gasteiger partial charge < -0.3 is 0 Å². The Balaban J connectivity index is 1.87. The molecule has 0 unspecified atom stereocenters. The molecule has 2 atom stereocenters. The summed E-state index contributed by atoms with van der Waals surface area (Å²) in [7, 11) is 0. The molecule has 0 aliphatic heterocycles. The Hall–Kier alpha value is -1.04. The lowest BCUT2D eigenvalue weighted by molar-refractivity contribution is 0.749. The molecule has 0 aromatic heterocycles. The smallest absolute Gasteiger partial charge is 0.00968 e. The first-order valence-electron chi connectivity index (χ1n) is 6.56. The summed E-state index contributed by atoms with van der Waals surface area (Å²) in [6.45, 7) is 4.63. The number of allylic oxidation sites excluding steroid dienone is 2. The summed E-state index contributed by atoms with van der Waals surface area (Å²) in [6, 6.07) is 10.9. The Morgan fingerprint density at radius 3 is 2.62 bits per heavy atom. The van der Waals surface area contributed by atoms with E-state index in [0.717, 1.165) is 11.8 Å². The van der Waals surface area contributed by atoms with Crippen LogP contribution >= 0.6 is 0 Å². The molecule has 16 heavy (non-hydrogen) atoms. The number of rotatable bonds is 5. The van der Waals surface area contributed by atoms with Crippen molar-refractivity contribution in [3.8, 4) is 0 Å². The van der Waals surface area contributed by atoms with Gasteiger partial charge in [0.1, 0.15) is 0 Å². The highest BCUT2D eigenvalue weighted by Gasteiger charge is 2.38. The fraction of sp³-hybridized carbons (Fsp3) is 0.500. The highest BCUT2D eigenvalue weighted by molar-refractivity contribution is 5.32. The quantitative estimate of drug-likeness (QED) is 0.496. The molecule has 0 heteroatoms. The zero-order chi connectivity index (χ0) is 11.4. The van der Waals surface area contributed by atoms with Crippen molar-refractivity contribution < 1.29 is 0 Å². The third-order valence-corrected chi connectivity index (χ3v) is 3.68. The van der Waals surface area contributed by atoms with Crippen LogP contribution in [0.4, 0.5) is 0 Å². The summed E-state index contributed by atoms with van der Waals surface area (Å²) >= 11 is 0. The molecule has 1 fully saturated rings. The zero-order valence-corrected chi connectivity index (χ0v) is 10.4. The van der Waals surface area contributed by atoms with Crippen LogP contribution < -0.4 is 0 Å². The first kappa shape index (κ1) is 11.4. The van der Waals surface area contributed by atoms with Gasteiger partial charge in [0.25, 0.3) is 0 Å². The van der Waals surface area contributed by atoms with Crippen molar-refractivity contribution >= 4 is 0 Å². The van der Waals surface area contributed by atoms with E-state index in [1.807, 2.05) is 0 Å². The highest BCUT2D eigenvalue weighted by Crippen LogP contribution is 2.47. The molecule has 0 bridgehead atoms. The van der Waals surface area contributed by atoms with E-state index in [0.29, 0.717) is 0 Å². The van der Waals surface area contributed by atoms with Crippen LogP contribution in [0.15, 0.2) is 42.0 Å². The van der Waals surface area contributed by atoms with E-state index >= 15 is 0 Å². The van der Waals surface area contributed by atoms with E-state index < -0.39 is 0 Å². The van der Waals surface area contributed by atoms with Gasteiger partial charge in [-0.3, -0.25) is 0 Å². The van der Waals surface area contributed by atoms with Crippen LogP contribution in [0, 0.1) is 11.8 Å². The zero-order valence-electron chi connectivity index (χ0n) is 10.4. The predicted octanol–water partition coefficient (Wildman–Crippen LogP) is 4.61. The highest BCUT2D eigenvalue weighted by atomic mass is 14.4. The van der Waals surface area contributed by atoms with Crippen molar-refractivity contribution in [2.75, 3.05) is 0 Å². The summed E-state index contributed by atoms with van der Waals surface area (Å²) in [6.07, 6.45) is 7.65. The van der Waals surface area contributed by atoms with Gasteiger partial charge >= 0.3 is 0 Å². The molecular weight excluding hydrogens is 192 g/mol. The summed E-state index contributed by atoms with van der Waals surface area (Å²) < 4.78 is 0. The Labute approximate surface area is 99.4 Å². The summed E-state index contributed by atoms with van der Waals surface area (Å²) in [5.41, 5.74) is 3.19. The van der Waals surface area contributed by atoms with Crippen LogP contribution in [0.5, 0.6) is 0 Å². The van der Waals surface area contributed by atoms with Crippen LogP contribution in [0.25, 0.3) is 0 Å². The Morgan fingerprint density at radius 1 is 1.19 bits per heavy atom. The average Bonchev–Trinajstić information content (AvgIpc) is 2.91. The van der Waals surface area contributed by atoms with E-state index in [-0.39, 0.29) is 0 Å². The molecule has 0 spiro atoms. The molecule has 1 aromatic carbocycles. The van der Waals surface area contributed by atoms with Gasteiger partial charge in [0.2, 0.25) is 0 Å². The second-order valence-corrected chi connectivity index (χ2v) is 4.93. The van der Waals surface area contributed by atoms with Gasteiger partial charge in [-0.05, 0) is 30.2 Å². The van der Waals surface area contributed by atoms with E-state index in [9.17, 15) is 0 Å². The maximum Gasteiger partial charge on any atom is -0.00968 e. The normalized spacial score (nSPS) is 26.0. The van der Waals surface area contributed by atoms with Crippen LogP contribution in [-0.4, -0.2) is 0 Å². The minimum atomic E-state index is 0.831. The molecule has 0 N–H and O–H groups in total. The number of hydrogen-bond acceptors (Lipinski definition) is 0. The maximum absolute atomic E-state index is 2.49. The summed E-state index contributed by atoms with van der Waals surface area (Å²) in [5, 5.41) is 0. The van der Waals surface area contributed by atoms with E-state index in [4.69, 9.17) is 0 Å². The monoisotopic (exact) mass is 214 g/mol. The molecule has 1 aliphatic carbocycles. The van der Waals surface area contributed by atoms with Gasteiger partial charge in [-0.25, -0.2) is 0 Å². The van der Waals surface area contributed by atoms with Crippen molar-refractivity contribution in [3.05, 3.63) is 47.5 Å². The largest absolute Gasteiger partial charge is 0.0847 e. The lowest BCUT2D eigenvalue weighted by Crippen LogP contribution is -1.87. The second-order valence-electron chi connectivity index (χ2n) is 4.93. The molecule has 2 rings (SSSR count). The molecule has 1 saturated carbocycles. The lowest BCUT2D eigenvalue weighted by atomic mass is 10.1. The van der Waals surface area contributed by atoms with E-state index in [1.54, 1.807) is 5.57 Å². The van der Waals surface area contributed by atoms with Crippen molar-refractivity contribution in [1.82, 2.24) is 0 Å². The first-order chi connectivity index (χ1) is 7.83. The fourth-order valence-electron chi connectivity index (χ4n) is 2.47. The lowest BCUT2D eigenvalue weighted by Gasteiger charge is -1.97. The molecular formula is C16H22. The van der Waals surface area contributed by atoms with Gasteiger partial charge in [-0.15, -0.1) is 0 Å². The molecule has 0 amide bonds. The Bertz CT molecular complexity index is 348. The van der Waals surface area contributed by atoms with Gasteiger partial charge in [0, 0.05) is 0 Å². The predicted molar refractivity (Wildman–Crippen MR) is 70.4 cm³/mol. The third kappa shape index (κ3) is 2.75. The summed E-state index contributed by atoms with van der Waals surface area (Å²) in [5.74, 6) is 1.66.